The fourth-order valence-electron chi connectivity index (χ4n) is 2.12. The summed E-state index contributed by atoms with van der Waals surface area (Å²) in [6, 6.07) is 8.97. The van der Waals surface area contributed by atoms with E-state index in [1.54, 1.807) is 6.07 Å². The lowest BCUT2D eigenvalue weighted by Gasteiger charge is -2.08. The van der Waals surface area contributed by atoms with Crippen molar-refractivity contribution in [1.82, 2.24) is 0 Å². The molecule has 3 nitrogen and oxygen atoms in total. The highest BCUT2D eigenvalue weighted by atomic mass is 19.4. The largest absolute Gasteiger partial charge is 0.416 e. The number of fused-ring (bicyclic) bond motifs is 1. The molecule has 3 rings (SSSR count). The molecule has 0 radical (unpaired) electrons. The Morgan fingerprint density at radius 1 is 0.762 bits per heavy atom. The van der Waals surface area contributed by atoms with Gasteiger partial charge in [0.15, 0.2) is 0 Å². The van der Waals surface area contributed by atoms with Gasteiger partial charge in [0.25, 0.3) is 0 Å². The number of benzene rings is 2. The lowest BCUT2D eigenvalue weighted by Crippen LogP contribution is -2.04. The zero-order valence-electron chi connectivity index (χ0n) is 10.4. The molecule has 0 amide bonds. The van der Waals surface area contributed by atoms with Crippen LogP contribution in [0.5, 0.6) is 0 Å². The topological polar surface area (TPSA) is 43.4 Å². The van der Waals surface area contributed by atoms with Crippen LogP contribution in [0.4, 0.5) is 13.2 Å². The molecule has 0 aliphatic carbocycles. The third kappa shape index (κ3) is 2.29. The molecule has 0 N–H and O–H groups in total. The molecule has 2 aromatic carbocycles. The molecule has 106 valence electrons. The van der Waals surface area contributed by atoms with Crippen molar-refractivity contribution in [1.29, 1.82) is 0 Å². The van der Waals surface area contributed by atoms with E-state index < -0.39 is 23.7 Å². The number of hydrogen-bond donors (Lipinski definition) is 0. The third-order valence-electron chi connectivity index (χ3n) is 3.19. The van der Waals surface area contributed by atoms with Crippen molar-refractivity contribution in [3.8, 4) is 11.1 Å². The second-order valence-corrected chi connectivity index (χ2v) is 4.51. The molecule has 0 bridgehead atoms. The Hall–Kier alpha value is -2.63. The number of carbonyl (C=O) groups excluding carboxylic acids is 2. The Labute approximate surface area is 117 Å². The number of carbonyl (C=O) groups is 2. The zero-order chi connectivity index (χ0) is 15.2. The fourth-order valence-corrected chi connectivity index (χ4v) is 2.12. The van der Waals surface area contributed by atoms with Gasteiger partial charge < -0.3 is 4.74 Å². The summed E-state index contributed by atoms with van der Waals surface area (Å²) in [5, 5.41) is 0. The molecule has 0 fully saturated rings. The summed E-state index contributed by atoms with van der Waals surface area (Å²) in [6.07, 6.45) is -4.40. The highest BCUT2D eigenvalue weighted by Crippen LogP contribution is 2.32. The Morgan fingerprint density at radius 3 is 1.95 bits per heavy atom. The zero-order valence-corrected chi connectivity index (χ0v) is 10.4. The van der Waals surface area contributed by atoms with E-state index in [4.69, 9.17) is 0 Å². The second kappa shape index (κ2) is 4.44. The van der Waals surface area contributed by atoms with Crippen molar-refractivity contribution in [3.05, 3.63) is 59.2 Å². The minimum absolute atomic E-state index is 0.123. The second-order valence-electron chi connectivity index (χ2n) is 4.51. The predicted molar refractivity (Wildman–Crippen MR) is 66.6 cm³/mol. The van der Waals surface area contributed by atoms with Crippen LogP contribution in [0.2, 0.25) is 0 Å². The monoisotopic (exact) mass is 292 g/mol. The van der Waals surface area contributed by atoms with E-state index in [-0.39, 0.29) is 11.1 Å². The third-order valence-corrected chi connectivity index (χ3v) is 3.19. The molecule has 6 heteroatoms. The van der Waals surface area contributed by atoms with Crippen LogP contribution in [-0.4, -0.2) is 11.9 Å². The van der Waals surface area contributed by atoms with Gasteiger partial charge >= 0.3 is 18.1 Å². The van der Waals surface area contributed by atoms with Crippen LogP contribution < -0.4 is 0 Å². The lowest BCUT2D eigenvalue weighted by molar-refractivity contribution is -0.137. The number of cyclic esters (lactones) is 2. The average molecular weight is 292 g/mol. The average Bonchev–Trinajstić information content (AvgIpc) is 2.73. The summed E-state index contributed by atoms with van der Waals surface area (Å²) < 4.78 is 42.0. The van der Waals surface area contributed by atoms with Gasteiger partial charge in [-0.1, -0.05) is 18.2 Å². The summed E-state index contributed by atoms with van der Waals surface area (Å²) in [5.74, 6) is -1.46. The van der Waals surface area contributed by atoms with Crippen LogP contribution in [0.25, 0.3) is 11.1 Å². The van der Waals surface area contributed by atoms with E-state index in [0.29, 0.717) is 11.1 Å². The Balaban J connectivity index is 2.01. The first-order chi connectivity index (χ1) is 9.86. The maximum atomic E-state index is 12.5. The number of esters is 2. The van der Waals surface area contributed by atoms with Gasteiger partial charge in [-0.25, -0.2) is 9.59 Å². The maximum Gasteiger partial charge on any atom is 0.416 e. The van der Waals surface area contributed by atoms with Crippen molar-refractivity contribution in [2.45, 2.75) is 6.18 Å². The van der Waals surface area contributed by atoms with Crippen molar-refractivity contribution >= 4 is 11.9 Å². The predicted octanol–water partition coefficient (Wildman–Crippen LogP) is 3.68. The summed E-state index contributed by atoms with van der Waals surface area (Å²) in [4.78, 5) is 22.8. The smallest absolute Gasteiger partial charge is 0.386 e. The Bertz CT molecular complexity index is 746. The van der Waals surface area contributed by atoms with Gasteiger partial charge in [-0.3, -0.25) is 0 Å². The van der Waals surface area contributed by atoms with E-state index in [0.717, 1.165) is 12.1 Å². The van der Waals surface area contributed by atoms with Crippen molar-refractivity contribution < 1.29 is 27.5 Å². The van der Waals surface area contributed by atoms with E-state index in [9.17, 15) is 22.8 Å². The normalized spacial score (nSPS) is 14.0. The van der Waals surface area contributed by atoms with Gasteiger partial charge in [-0.05, 0) is 35.4 Å². The lowest BCUT2D eigenvalue weighted by atomic mass is 9.99. The first-order valence-electron chi connectivity index (χ1n) is 5.94. The van der Waals surface area contributed by atoms with Crippen LogP contribution in [0, 0.1) is 0 Å². The molecule has 0 spiro atoms. The van der Waals surface area contributed by atoms with E-state index in [1.165, 1.54) is 24.3 Å². The Kier molecular flexibility index (Phi) is 2.83. The molecule has 2 aromatic rings. The molecule has 0 aromatic heterocycles. The highest BCUT2D eigenvalue weighted by molar-refractivity contribution is 6.15. The number of halogens is 3. The molecule has 1 aliphatic heterocycles. The van der Waals surface area contributed by atoms with Crippen LogP contribution in [-0.2, 0) is 10.9 Å². The number of alkyl halides is 3. The molecule has 0 saturated carbocycles. The van der Waals surface area contributed by atoms with E-state index in [1.807, 2.05) is 0 Å². The summed E-state index contributed by atoms with van der Waals surface area (Å²) in [5.41, 5.74) is 0.585. The summed E-state index contributed by atoms with van der Waals surface area (Å²) >= 11 is 0. The first-order valence-corrected chi connectivity index (χ1v) is 5.94. The maximum absolute atomic E-state index is 12.5. The van der Waals surface area contributed by atoms with Crippen LogP contribution in [0.15, 0.2) is 42.5 Å². The van der Waals surface area contributed by atoms with Crippen LogP contribution >= 0.6 is 0 Å². The van der Waals surface area contributed by atoms with Gasteiger partial charge in [-0.15, -0.1) is 0 Å². The SMILES string of the molecule is O=C1OC(=O)c2cc(-c3ccc(C(F)(F)F)cc3)ccc21. The first kappa shape index (κ1) is 13.4. The molecule has 21 heavy (non-hydrogen) atoms. The van der Waals surface area contributed by atoms with Gasteiger partial charge in [0, 0.05) is 0 Å². The molecular formula is C15H7F3O3. The van der Waals surface area contributed by atoms with Gasteiger partial charge in [0.05, 0.1) is 16.7 Å². The van der Waals surface area contributed by atoms with Crippen molar-refractivity contribution in [2.24, 2.45) is 0 Å². The minimum Gasteiger partial charge on any atom is -0.386 e. The number of ether oxygens (including phenoxy) is 1. The van der Waals surface area contributed by atoms with Gasteiger partial charge in [-0.2, -0.15) is 13.2 Å². The molecule has 0 saturated heterocycles. The van der Waals surface area contributed by atoms with E-state index >= 15 is 0 Å². The Morgan fingerprint density at radius 2 is 1.33 bits per heavy atom. The number of hydrogen-bond acceptors (Lipinski definition) is 3. The summed E-state index contributed by atoms with van der Waals surface area (Å²) in [7, 11) is 0. The van der Waals surface area contributed by atoms with E-state index in [2.05, 4.69) is 4.74 Å². The quantitative estimate of drug-likeness (QED) is 0.595. The fraction of sp³-hybridized carbons (Fsp3) is 0.0667. The molecule has 1 heterocycles. The van der Waals surface area contributed by atoms with Gasteiger partial charge in [0.2, 0.25) is 0 Å². The van der Waals surface area contributed by atoms with Crippen LogP contribution in [0.3, 0.4) is 0 Å². The van der Waals surface area contributed by atoms with Crippen molar-refractivity contribution in [3.63, 3.8) is 0 Å². The van der Waals surface area contributed by atoms with Crippen molar-refractivity contribution in [2.75, 3.05) is 0 Å². The standard InChI is InChI=1S/C15H7F3O3/c16-15(17,18)10-4-1-8(2-5-10)9-3-6-11-12(7-9)14(20)21-13(11)19/h1-7H. The molecule has 0 atom stereocenters. The molecule has 0 unspecified atom stereocenters. The summed E-state index contributed by atoms with van der Waals surface area (Å²) in [6.45, 7) is 0. The molecule has 1 aliphatic rings. The number of rotatable bonds is 1. The highest BCUT2D eigenvalue weighted by Gasteiger charge is 2.31. The van der Waals surface area contributed by atoms with Gasteiger partial charge in [0.1, 0.15) is 0 Å². The minimum atomic E-state index is -4.40. The molecular weight excluding hydrogens is 285 g/mol. The van der Waals surface area contributed by atoms with Crippen LogP contribution in [0.1, 0.15) is 26.3 Å².